The molecule has 0 aromatic heterocycles. The van der Waals surface area contributed by atoms with Crippen molar-refractivity contribution in [1.29, 1.82) is 0 Å². The number of halogens is 4. The second-order valence-corrected chi connectivity index (χ2v) is 10.1. The summed E-state index contributed by atoms with van der Waals surface area (Å²) in [5.41, 5.74) is 1.21. The number of benzene rings is 3. The Balaban J connectivity index is 2.02. The van der Waals surface area contributed by atoms with Gasteiger partial charge < -0.3 is 5.32 Å². The smallest absolute Gasteiger partial charge is 0.264 e. The van der Waals surface area contributed by atoms with Gasteiger partial charge in [0.2, 0.25) is 5.91 Å². The number of hydrogen-bond donors (Lipinski definition) is 1. The van der Waals surface area contributed by atoms with Gasteiger partial charge in [-0.05, 0) is 49.4 Å². The minimum absolute atomic E-state index is 0.00253. The van der Waals surface area contributed by atoms with E-state index in [0.717, 1.165) is 9.87 Å². The number of sulfonamides is 1. The molecule has 0 saturated carbocycles. The van der Waals surface area contributed by atoms with E-state index in [1.165, 1.54) is 36.4 Å². The van der Waals surface area contributed by atoms with Gasteiger partial charge in [-0.3, -0.25) is 9.10 Å². The monoisotopic (exact) mass is 516 g/mol. The number of carbonyl (C=O) groups excluding carboxylic acids is 1. The van der Waals surface area contributed by atoms with Crippen LogP contribution in [0.5, 0.6) is 0 Å². The van der Waals surface area contributed by atoms with E-state index in [1.807, 2.05) is 6.92 Å². The Kier molecular flexibility index (Phi) is 7.39. The second-order valence-electron chi connectivity index (χ2n) is 6.57. The first kappa shape index (κ1) is 23.7. The van der Waals surface area contributed by atoms with Crippen LogP contribution in [0.2, 0.25) is 20.1 Å². The maximum atomic E-state index is 13.4. The van der Waals surface area contributed by atoms with Crippen molar-refractivity contribution in [1.82, 2.24) is 0 Å². The van der Waals surface area contributed by atoms with Crippen LogP contribution in [0.3, 0.4) is 0 Å². The molecular weight excluding hydrogens is 502 g/mol. The molecule has 31 heavy (non-hydrogen) atoms. The lowest BCUT2D eigenvalue weighted by atomic mass is 10.2. The SMILES string of the molecule is Cc1ccc(S(=O)(=O)N(CC(=O)Nc2cc(Cl)ccc2Cl)c2cccc(Cl)c2Cl)cc1. The molecule has 0 bridgehead atoms. The van der Waals surface area contributed by atoms with Crippen LogP contribution in [0.25, 0.3) is 0 Å². The molecule has 0 aliphatic rings. The van der Waals surface area contributed by atoms with E-state index in [-0.39, 0.29) is 31.3 Å². The fraction of sp³-hybridized carbons (Fsp3) is 0.0952. The molecular formula is C21H16Cl4N2O3S. The predicted octanol–water partition coefficient (Wildman–Crippen LogP) is 6.44. The summed E-state index contributed by atoms with van der Waals surface area (Å²) in [6, 6.07) is 15.3. The van der Waals surface area contributed by atoms with Crippen LogP contribution in [-0.2, 0) is 14.8 Å². The minimum atomic E-state index is -4.15. The van der Waals surface area contributed by atoms with Crippen LogP contribution < -0.4 is 9.62 Å². The van der Waals surface area contributed by atoms with Gasteiger partial charge in [-0.15, -0.1) is 0 Å². The number of hydrogen-bond acceptors (Lipinski definition) is 3. The van der Waals surface area contributed by atoms with Crippen molar-refractivity contribution < 1.29 is 13.2 Å². The molecule has 10 heteroatoms. The van der Waals surface area contributed by atoms with E-state index in [1.54, 1.807) is 24.3 Å². The van der Waals surface area contributed by atoms with Gasteiger partial charge >= 0.3 is 0 Å². The molecule has 1 N–H and O–H groups in total. The third kappa shape index (κ3) is 5.45. The van der Waals surface area contributed by atoms with Crippen LogP contribution in [0, 0.1) is 6.92 Å². The van der Waals surface area contributed by atoms with Crippen LogP contribution in [0.15, 0.2) is 65.6 Å². The normalized spacial score (nSPS) is 11.3. The third-order valence-electron chi connectivity index (χ3n) is 4.30. The highest BCUT2D eigenvalue weighted by Gasteiger charge is 2.29. The Morgan fingerprint density at radius 3 is 2.29 bits per heavy atom. The molecule has 0 heterocycles. The van der Waals surface area contributed by atoms with Crippen molar-refractivity contribution in [2.45, 2.75) is 11.8 Å². The van der Waals surface area contributed by atoms with E-state index in [2.05, 4.69) is 5.32 Å². The number of amides is 1. The lowest BCUT2D eigenvalue weighted by Crippen LogP contribution is -2.38. The van der Waals surface area contributed by atoms with Crippen molar-refractivity contribution in [3.05, 3.63) is 86.3 Å². The van der Waals surface area contributed by atoms with Gasteiger partial charge in [-0.2, -0.15) is 0 Å². The van der Waals surface area contributed by atoms with E-state index >= 15 is 0 Å². The molecule has 0 unspecified atom stereocenters. The average Bonchev–Trinajstić information content (AvgIpc) is 2.71. The van der Waals surface area contributed by atoms with Gasteiger partial charge in [0.15, 0.2) is 0 Å². The molecule has 162 valence electrons. The lowest BCUT2D eigenvalue weighted by Gasteiger charge is -2.25. The number of anilines is 2. The Morgan fingerprint density at radius 1 is 0.935 bits per heavy atom. The number of aryl methyl sites for hydroxylation is 1. The van der Waals surface area contributed by atoms with E-state index < -0.39 is 22.5 Å². The number of nitrogens with one attached hydrogen (secondary N) is 1. The number of carbonyl (C=O) groups is 1. The Hall–Kier alpha value is -1.96. The summed E-state index contributed by atoms with van der Waals surface area (Å²) >= 11 is 24.4. The van der Waals surface area contributed by atoms with Gasteiger partial charge in [-0.25, -0.2) is 8.42 Å². The fourth-order valence-corrected chi connectivity index (χ4v) is 4.95. The summed E-state index contributed by atoms with van der Waals surface area (Å²) in [5, 5.41) is 3.36. The molecule has 0 saturated heterocycles. The molecule has 3 rings (SSSR count). The van der Waals surface area contributed by atoms with Crippen molar-refractivity contribution in [3.63, 3.8) is 0 Å². The zero-order valence-electron chi connectivity index (χ0n) is 16.1. The molecule has 5 nitrogen and oxygen atoms in total. The van der Waals surface area contributed by atoms with E-state index in [0.29, 0.717) is 5.02 Å². The molecule has 3 aromatic rings. The molecule has 0 radical (unpaired) electrons. The van der Waals surface area contributed by atoms with Crippen LogP contribution in [0.4, 0.5) is 11.4 Å². The zero-order valence-corrected chi connectivity index (χ0v) is 19.9. The maximum Gasteiger partial charge on any atom is 0.264 e. The first-order chi connectivity index (χ1) is 14.6. The van der Waals surface area contributed by atoms with Crippen molar-refractivity contribution in [2.24, 2.45) is 0 Å². The van der Waals surface area contributed by atoms with Crippen LogP contribution in [-0.4, -0.2) is 20.9 Å². The summed E-state index contributed by atoms with van der Waals surface area (Å²) in [6.45, 7) is 1.27. The van der Waals surface area contributed by atoms with Crippen molar-refractivity contribution in [2.75, 3.05) is 16.2 Å². The first-order valence-electron chi connectivity index (χ1n) is 8.88. The highest BCUT2D eigenvalue weighted by atomic mass is 35.5. The standard InChI is InChI=1S/C21H16Cl4N2O3S/c1-13-5-8-15(9-6-13)31(29,30)27(19-4-2-3-17(24)21(19)25)12-20(28)26-18-11-14(22)7-10-16(18)23/h2-11H,12H2,1H3,(H,26,28). The van der Waals surface area contributed by atoms with E-state index in [9.17, 15) is 13.2 Å². The molecule has 0 aliphatic carbocycles. The first-order valence-corrected chi connectivity index (χ1v) is 11.8. The third-order valence-corrected chi connectivity index (χ3v) is 7.45. The largest absolute Gasteiger partial charge is 0.323 e. The fourth-order valence-electron chi connectivity index (χ4n) is 2.74. The highest BCUT2D eigenvalue weighted by Crippen LogP contribution is 2.35. The highest BCUT2D eigenvalue weighted by molar-refractivity contribution is 7.92. The van der Waals surface area contributed by atoms with E-state index in [4.69, 9.17) is 46.4 Å². The quantitative estimate of drug-likeness (QED) is 0.409. The summed E-state index contributed by atoms with van der Waals surface area (Å²) in [7, 11) is -4.15. The topological polar surface area (TPSA) is 66.5 Å². The summed E-state index contributed by atoms with van der Waals surface area (Å²) in [6.07, 6.45) is 0. The Labute approximate surface area is 200 Å². The minimum Gasteiger partial charge on any atom is -0.323 e. The van der Waals surface area contributed by atoms with Crippen molar-refractivity contribution in [3.8, 4) is 0 Å². The summed E-state index contributed by atoms with van der Waals surface area (Å²) < 4.78 is 27.7. The molecule has 1 amide bonds. The molecule has 0 spiro atoms. The number of nitrogens with zero attached hydrogens (tertiary/aromatic N) is 1. The van der Waals surface area contributed by atoms with Gasteiger partial charge in [0.05, 0.1) is 31.3 Å². The molecule has 0 aliphatic heterocycles. The van der Waals surface area contributed by atoms with Gasteiger partial charge in [0, 0.05) is 5.02 Å². The van der Waals surface area contributed by atoms with Crippen LogP contribution in [0.1, 0.15) is 5.56 Å². The van der Waals surface area contributed by atoms with Crippen molar-refractivity contribution >= 4 is 73.7 Å². The molecule has 0 fully saturated rings. The Bertz CT molecular complexity index is 1230. The molecule has 0 atom stereocenters. The predicted molar refractivity (Wildman–Crippen MR) is 127 cm³/mol. The molecule has 3 aromatic carbocycles. The lowest BCUT2D eigenvalue weighted by molar-refractivity contribution is -0.114. The Morgan fingerprint density at radius 2 is 1.61 bits per heavy atom. The van der Waals surface area contributed by atoms with Crippen LogP contribution >= 0.6 is 46.4 Å². The summed E-state index contributed by atoms with van der Waals surface area (Å²) in [5.74, 6) is -0.643. The second kappa shape index (κ2) is 9.67. The average molecular weight is 518 g/mol. The van der Waals surface area contributed by atoms with Gasteiger partial charge in [-0.1, -0.05) is 70.2 Å². The van der Waals surface area contributed by atoms with Gasteiger partial charge in [0.1, 0.15) is 6.54 Å². The summed E-state index contributed by atoms with van der Waals surface area (Å²) in [4.78, 5) is 12.8. The maximum absolute atomic E-state index is 13.4. The van der Waals surface area contributed by atoms with Gasteiger partial charge in [0.25, 0.3) is 10.0 Å². The number of rotatable bonds is 6. The zero-order chi connectivity index (χ0) is 22.8.